The fourth-order valence-corrected chi connectivity index (χ4v) is 3.42. The average molecular weight is 340 g/mol. The Balaban J connectivity index is 2.26. The molecule has 1 aromatic heterocycles. The minimum Gasteiger partial charge on any atom is -0.327 e. The standard InChI is InChI=1S/C14H18BrN3S/c1-9-8-13(18(3)17-9)19-14(10(2)16)11-4-6-12(15)7-5-11/h4-8,10,14H,16H2,1-3H3. The maximum Gasteiger partial charge on any atom is 0.0945 e. The van der Waals surface area contributed by atoms with Crippen LogP contribution < -0.4 is 5.73 Å². The molecule has 0 spiro atoms. The van der Waals surface area contributed by atoms with Gasteiger partial charge in [0.15, 0.2) is 0 Å². The zero-order valence-corrected chi connectivity index (χ0v) is 13.7. The van der Waals surface area contributed by atoms with Crippen LogP contribution in [0.4, 0.5) is 0 Å². The molecule has 0 fully saturated rings. The highest BCUT2D eigenvalue weighted by molar-refractivity contribution is 9.10. The van der Waals surface area contributed by atoms with Crippen LogP contribution >= 0.6 is 27.7 Å². The van der Waals surface area contributed by atoms with Gasteiger partial charge in [0.25, 0.3) is 0 Å². The molecule has 0 saturated heterocycles. The Morgan fingerprint density at radius 3 is 2.42 bits per heavy atom. The Kier molecular flexibility index (Phi) is 4.71. The third-order valence-corrected chi connectivity index (χ3v) is 4.99. The van der Waals surface area contributed by atoms with Gasteiger partial charge in [-0.1, -0.05) is 39.8 Å². The summed E-state index contributed by atoms with van der Waals surface area (Å²) in [7, 11) is 1.97. The second-order valence-corrected chi connectivity index (χ2v) is 6.77. The number of aryl methyl sites for hydroxylation is 2. The molecule has 2 aromatic rings. The molecule has 2 rings (SSSR count). The van der Waals surface area contributed by atoms with Crippen LogP contribution in [0.1, 0.15) is 23.4 Å². The quantitative estimate of drug-likeness (QED) is 0.864. The molecule has 0 radical (unpaired) electrons. The van der Waals surface area contributed by atoms with E-state index in [4.69, 9.17) is 5.73 Å². The second kappa shape index (κ2) is 6.11. The lowest BCUT2D eigenvalue weighted by atomic mass is 10.1. The van der Waals surface area contributed by atoms with Crippen molar-refractivity contribution < 1.29 is 0 Å². The van der Waals surface area contributed by atoms with Gasteiger partial charge in [0, 0.05) is 17.6 Å². The van der Waals surface area contributed by atoms with Crippen molar-refractivity contribution in [1.29, 1.82) is 0 Å². The molecule has 0 aliphatic heterocycles. The van der Waals surface area contributed by atoms with E-state index in [1.807, 2.05) is 25.6 Å². The molecule has 0 aliphatic rings. The van der Waals surface area contributed by atoms with Crippen molar-refractivity contribution in [2.75, 3.05) is 0 Å². The van der Waals surface area contributed by atoms with Gasteiger partial charge in [-0.25, -0.2) is 0 Å². The predicted molar refractivity (Wildman–Crippen MR) is 84.3 cm³/mol. The van der Waals surface area contributed by atoms with Crippen molar-refractivity contribution in [3.63, 3.8) is 0 Å². The lowest BCUT2D eigenvalue weighted by Gasteiger charge is -2.20. The molecule has 2 N–H and O–H groups in total. The summed E-state index contributed by atoms with van der Waals surface area (Å²) in [4.78, 5) is 0. The number of halogens is 1. The topological polar surface area (TPSA) is 43.8 Å². The third kappa shape index (κ3) is 3.61. The van der Waals surface area contributed by atoms with E-state index in [1.165, 1.54) is 5.56 Å². The van der Waals surface area contributed by atoms with Gasteiger partial charge in [-0.3, -0.25) is 4.68 Å². The van der Waals surface area contributed by atoms with Crippen LogP contribution in [0.5, 0.6) is 0 Å². The van der Waals surface area contributed by atoms with Crippen LogP contribution in [0.25, 0.3) is 0 Å². The molecule has 1 aromatic carbocycles. The van der Waals surface area contributed by atoms with Crippen LogP contribution in [0.2, 0.25) is 0 Å². The molecule has 3 nitrogen and oxygen atoms in total. The summed E-state index contributed by atoms with van der Waals surface area (Å²) in [6, 6.07) is 10.5. The third-order valence-electron chi connectivity index (χ3n) is 2.88. The van der Waals surface area contributed by atoms with Gasteiger partial charge in [0.2, 0.25) is 0 Å². The molecular formula is C14H18BrN3S. The number of nitrogens with two attached hydrogens (primary N) is 1. The van der Waals surface area contributed by atoms with Gasteiger partial charge < -0.3 is 5.73 Å². The highest BCUT2D eigenvalue weighted by Gasteiger charge is 2.19. The van der Waals surface area contributed by atoms with Crippen molar-refractivity contribution in [2.45, 2.75) is 30.2 Å². The van der Waals surface area contributed by atoms with E-state index in [1.54, 1.807) is 11.8 Å². The van der Waals surface area contributed by atoms with E-state index < -0.39 is 0 Å². The fourth-order valence-electron chi connectivity index (χ4n) is 1.96. The Morgan fingerprint density at radius 1 is 1.32 bits per heavy atom. The van der Waals surface area contributed by atoms with Crippen molar-refractivity contribution in [2.24, 2.45) is 12.8 Å². The first kappa shape index (κ1) is 14.6. The predicted octanol–water partition coefficient (Wildman–Crippen LogP) is 3.67. The Labute approximate surface area is 126 Å². The van der Waals surface area contributed by atoms with E-state index >= 15 is 0 Å². The number of rotatable bonds is 4. The van der Waals surface area contributed by atoms with E-state index in [-0.39, 0.29) is 11.3 Å². The number of aromatic nitrogens is 2. The molecule has 1 heterocycles. The highest BCUT2D eigenvalue weighted by Crippen LogP contribution is 2.37. The Morgan fingerprint density at radius 2 is 1.95 bits per heavy atom. The molecular weight excluding hydrogens is 322 g/mol. The number of nitrogens with zero attached hydrogens (tertiary/aromatic N) is 2. The van der Waals surface area contributed by atoms with Crippen LogP contribution in [0.15, 0.2) is 39.8 Å². The number of hydrogen-bond donors (Lipinski definition) is 1. The fraction of sp³-hybridized carbons (Fsp3) is 0.357. The van der Waals surface area contributed by atoms with Gasteiger partial charge in [-0.2, -0.15) is 5.10 Å². The Bertz CT molecular complexity index is 548. The van der Waals surface area contributed by atoms with Gasteiger partial charge in [-0.15, -0.1) is 0 Å². The molecule has 19 heavy (non-hydrogen) atoms. The first-order valence-electron chi connectivity index (χ1n) is 6.15. The zero-order valence-electron chi connectivity index (χ0n) is 11.3. The zero-order chi connectivity index (χ0) is 14.0. The van der Waals surface area contributed by atoms with Gasteiger partial charge >= 0.3 is 0 Å². The van der Waals surface area contributed by atoms with Gasteiger partial charge in [-0.05, 0) is 37.6 Å². The van der Waals surface area contributed by atoms with Crippen LogP contribution in [0.3, 0.4) is 0 Å². The smallest absolute Gasteiger partial charge is 0.0945 e. The molecule has 5 heteroatoms. The van der Waals surface area contributed by atoms with E-state index in [0.717, 1.165) is 15.2 Å². The largest absolute Gasteiger partial charge is 0.327 e. The lowest BCUT2D eigenvalue weighted by molar-refractivity contribution is 0.680. The normalized spacial score (nSPS) is 14.4. The monoisotopic (exact) mass is 339 g/mol. The summed E-state index contributed by atoms with van der Waals surface area (Å²) >= 11 is 5.22. The minimum atomic E-state index is 0.0707. The molecule has 0 bridgehead atoms. The first-order valence-corrected chi connectivity index (χ1v) is 7.83. The maximum atomic E-state index is 6.15. The van der Waals surface area contributed by atoms with Crippen molar-refractivity contribution in [3.05, 3.63) is 46.1 Å². The number of hydrogen-bond acceptors (Lipinski definition) is 3. The maximum absolute atomic E-state index is 6.15. The summed E-state index contributed by atoms with van der Waals surface area (Å²) in [6.45, 7) is 4.05. The van der Waals surface area contributed by atoms with E-state index in [9.17, 15) is 0 Å². The molecule has 2 atom stereocenters. The van der Waals surface area contributed by atoms with Crippen LogP contribution in [0, 0.1) is 6.92 Å². The minimum absolute atomic E-state index is 0.0707. The lowest BCUT2D eigenvalue weighted by Crippen LogP contribution is -2.22. The van der Waals surface area contributed by atoms with E-state index in [2.05, 4.69) is 51.4 Å². The van der Waals surface area contributed by atoms with Crippen molar-refractivity contribution in [3.8, 4) is 0 Å². The highest BCUT2D eigenvalue weighted by atomic mass is 79.9. The number of benzene rings is 1. The average Bonchev–Trinajstić information content (AvgIpc) is 2.66. The van der Waals surface area contributed by atoms with Crippen LogP contribution in [-0.2, 0) is 7.05 Å². The SMILES string of the molecule is Cc1cc(SC(c2ccc(Br)cc2)C(C)N)n(C)n1. The van der Waals surface area contributed by atoms with Gasteiger partial charge in [0.1, 0.15) is 0 Å². The molecule has 0 saturated carbocycles. The summed E-state index contributed by atoms with van der Waals surface area (Å²) in [5, 5.41) is 5.75. The summed E-state index contributed by atoms with van der Waals surface area (Å²) in [6.07, 6.45) is 0. The van der Waals surface area contributed by atoms with E-state index in [0.29, 0.717) is 0 Å². The summed E-state index contributed by atoms with van der Waals surface area (Å²) < 4.78 is 3.00. The Hall–Kier alpha value is -0.780. The molecule has 0 aliphatic carbocycles. The number of thioether (sulfide) groups is 1. The van der Waals surface area contributed by atoms with Crippen LogP contribution in [-0.4, -0.2) is 15.8 Å². The van der Waals surface area contributed by atoms with Crippen molar-refractivity contribution >= 4 is 27.7 Å². The van der Waals surface area contributed by atoms with Crippen molar-refractivity contribution in [1.82, 2.24) is 9.78 Å². The molecule has 102 valence electrons. The molecule has 0 amide bonds. The summed E-state index contributed by atoms with van der Waals surface area (Å²) in [5.41, 5.74) is 8.42. The van der Waals surface area contributed by atoms with Gasteiger partial charge in [0.05, 0.1) is 16.0 Å². The first-order chi connectivity index (χ1) is 8.97. The summed E-state index contributed by atoms with van der Waals surface area (Å²) in [5.74, 6) is 0. The molecule has 2 unspecified atom stereocenters. The second-order valence-electron chi connectivity index (χ2n) is 4.70.